The zero-order valence-corrected chi connectivity index (χ0v) is 11.7. The largest absolute Gasteiger partial charge is 0.497 e. The van der Waals surface area contributed by atoms with Crippen molar-refractivity contribution in [2.75, 3.05) is 26.1 Å². The number of halogens is 1. The van der Waals surface area contributed by atoms with Gasteiger partial charge in [0.2, 0.25) is 0 Å². The van der Waals surface area contributed by atoms with E-state index in [2.05, 4.69) is 6.92 Å². The van der Waals surface area contributed by atoms with Crippen LogP contribution in [0.4, 0.5) is 0 Å². The highest BCUT2D eigenvalue weighted by molar-refractivity contribution is 6.18. The summed E-state index contributed by atoms with van der Waals surface area (Å²) in [6.07, 6.45) is 2.05. The van der Waals surface area contributed by atoms with Gasteiger partial charge in [0.25, 0.3) is 5.91 Å². The lowest BCUT2D eigenvalue weighted by Gasteiger charge is -2.21. The fourth-order valence-corrected chi connectivity index (χ4v) is 1.91. The average molecular weight is 270 g/mol. The van der Waals surface area contributed by atoms with Crippen LogP contribution in [0.1, 0.15) is 30.1 Å². The summed E-state index contributed by atoms with van der Waals surface area (Å²) in [5.41, 5.74) is 0.649. The summed E-state index contributed by atoms with van der Waals surface area (Å²) in [5, 5.41) is 0. The standard InChI is InChI=1S/C14H20ClNO2/c1-3-4-9-16(10-8-15)14(17)12-6-5-7-13(11-12)18-2/h5-7,11H,3-4,8-10H2,1-2H3. The lowest BCUT2D eigenvalue weighted by atomic mass is 10.1. The van der Waals surface area contributed by atoms with Gasteiger partial charge in [0.1, 0.15) is 5.75 Å². The molecule has 1 rings (SSSR count). The first-order chi connectivity index (χ1) is 8.72. The summed E-state index contributed by atoms with van der Waals surface area (Å²) in [6.45, 7) is 3.44. The number of amides is 1. The Balaban J connectivity index is 2.79. The highest BCUT2D eigenvalue weighted by atomic mass is 35.5. The third-order valence-corrected chi connectivity index (χ3v) is 2.91. The highest BCUT2D eigenvalue weighted by Crippen LogP contribution is 2.14. The number of hydrogen-bond donors (Lipinski definition) is 0. The van der Waals surface area contributed by atoms with E-state index in [1.807, 2.05) is 12.1 Å². The second-order valence-corrected chi connectivity index (χ2v) is 4.44. The van der Waals surface area contributed by atoms with Gasteiger partial charge in [-0.1, -0.05) is 19.4 Å². The maximum absolute atomic E-state index is 12.3. The van der Waals surface area contributed by atoms with Crippen molar-refractivity contribution in [2.24, 2.45) is 0 Å². The van der Waals surface area contributed by atoms with Gasteiger partial charge in [-0.05, 0) is 24.6 Å². The molecule has 0 aliphatic rings. The number of rotatable bonds is 7. The van der Waals surface area contributed by atoms with Crippen LogP contribution in [0.15, 0.2) is 24.3 Å². The van der Waals surface area contributed by atoms with Gasteiger partial charge in [0.15, 0.2) is 0 Å². The minimum Gasteiger partial charge on any atom is -0.497 e. The average Bonchev–Trinajstić information content (AvgIpc) is 2.42. The number of benzene rings is 1. The van der Waals surface area contributed by atoms with E-state index in [9.17, 15) is 4.79 Å². The summed E-state index contributed by atoms with van der Waals surface area (Å²) in [6, 6.07) is 7.22. The van der Waals surface area contributed by atoms with Crippen LogP contribution in [-0.4, -0.2) is 36.9 Å². The first kappa shape index (κ1) is 14.8. The Labute approximate surface area is 114 Å². The maximum Gasteiger partial charge on any atom is 0.254 e. The molecule has 0 heterocycles. The molecule has 0 saturated heterocycles. The van der Waals surface area contributed by atoms with Gasteiger partial charge in [0.05, 0.1) is 7.11 Å². The monoisotopic (exact) mass is 269 g/mol. The summed E-state index contributed by atoms with van der Waals surface area (Å²) in [5.74, 6) is 1.17. The predicted octanol–water partition coefficient (Wildman–Crippen LogP) is 3.18. The van der Waals surface area contributed by atoms with Crippen molar-refractivity contribution in [3.8, 4) is 5.75 Å². The number of unbranched alkanes of at least 4 members (excludes halogenated alkanes) is 1. The smallest absolute Gasteiger partial charge is 0.254 e. The highest BCUT2D eigenvalue weighted by Gasteiger charge is 2.15. The Bertz CT molecular complexity index is 382. The minimum atomic E-state index is 0.0167. The molecule has 18 heavy (non-hydrogen) atoms. The molecule has 100 valence electrons. The molecule has 0 radical (unpaired) electrons. The second-order valence-electron chi connectivity index (χ2n) is 4.07. The van der Waals surface area contributed by atoms with Crippen LogP contribution < -0.4 is 4.74 Å². The van der Waals surface area contributed by atoms with Crippen molar-refractivity contribution in [2.45, 2.75) is 19.8 Å². The van der Waals surface area contributed by atoms with Gasteiger partial charge in [-0.2, -0.15) is 0 Å². The number of nitrogens with zero attached hydrogens (tertiary/aromatic N) is 1. The van der Waals surface area contributed by atoms with Gasteiger partial charge in [0, 0.05) is 24.5 Å². The van der Waals surface area contributed by atoms with E-state index in [1.54, 1.807) is 24.1 Å². The Morgan fingerprint density at radius 1 is 1.39 bits per heavy atom. The molecule has 1 aromatic rings. The molecule has 3 nitrogen and oxygen atoms in total. The van der Waals surface area contributed by atoms with Gasteiger partial charge in [-0.15, -0.1) is 11.6 Å². The first-order valence-electron chi connectivity index (χ1n) is 6.22. The molecule has 0 aliphatic heterocycles. The van der Waals surface area contributed by atoms with E-state index in [4.69, 9.17) is 16.3 Å². The molecule has 1 aromatic carbocycles. The van der Waals surface area contributed by atoms with Crippen LogP contribution in [0.5, 0.6) is 5.75 Å². The van der Waals surface area contributed by atoms with E-state index in [0.29, 0.717) is 23.7 Å². The molecular formula is C14H20ClNO2. The van der Waals surface area contributed by atoms with E-state index in [1.165, 1.54) is 0 Å². The predicted molar refractivity (Wildman–Crippen MR) is 74.5 cm³/mol. The topological polar surface area (TPSA) is 29.5 Å². The number of carbonyl (C=O) groups excluding carboxylic acids is 1. The molecule has 0 atom stereocenters. The van der Waals surface area contributed by atoms with Gasteiger partial charge in [-0.25, -0.2) is 0 Å². The van der Waals surface area contributed by atoms with Gasteiger partial charge >= 0.3 is 0 Å². The van der Waals surface area contributed by atoms with Crippen molar-refractivity contribution in [1.82, 2.24) is 4.90 Å². The number of hydrogen-bond acceptors (Lipinski definition) is 2. The zero-order chi connectivity index (χ0) is 13.4. The number of methoxy groups -OCH3 is 1. The first-order valence-corrected chi connectivity index (χ1v) is 6.75. The maximum atomic E-state index is 12.3. The van der Waals surface area contributed by atoms with Crippen LogP contribution in [0.3, 0.4) is 0 Å². The van der Waals surface area contributed by atoms with Crippen LogP contribution in [0, 0.1) is 0 Å². The molecule has 1 amide bonds. The molecule has 0 N–H and O–H groups in total. The van der Waals surface area contributed by atoms with E-state index >= 15 is 0 Å². The lowest BCUT2D eigenvalue weighted by molar-refractivity contribution is 0.0763. The molecule has 0 bridgehead atoms. The van der Waals surface area contributed by atoms with Crippen molar-refractivity contribution in [1.29, 1.82) is 0 Å². The third kappa shape index (κ3) is 4.22. The van der Waals surface area contributed by atoms with Crippen molar-refractivity contribution >= 4 is 17.5 Å². The van der Waals surface area contributed by atoms with Crippen LogP contribution in [-0.2, 0) is 0 Å². The van der Waals surface area contributed by atoms with Crippen molar-refractivity contribution in [3.63, 3.8) is 0 Å². The van der Waals surface area contributed by atoms with E-state index < -0.39 is 0 Å². The third-order valence-electron chi connectivity index (χ3n) is 2.74. The quantitative estimate of drug-likeness (QED) is 0.712. The fraction of sp³-hybridized carbons (Fsp3) is 0.500. The molecule has 0 saturated carbocycles. The Morgan fingerprint density at radius 3 is 2.78 bits per heavy atom. The Hall–Kier alpha value is -1.22. The van der Waals surface area contributed by atoms with Gasteiger partial charge in [-0.3, -0.25) is 4.79 Å². The van der Waals surface area contributed by atoms with Crippen molar-refractivity contribution in [3.05, 3.63) is 29.8 Å². The SMILES string of the molecule is CCCCN(CCCl)C(=O)c1cccc(OC)c1. The molecule has 0 spiro atoms. The molecule has 0 aliphatic carbocycles. The molecule has 0 fully saturated rings. The molecular weight excluding hydrogens is 250 g/mol. The van der Waals surface area contributed by atoms with Gasteiger partial charge < -0.3 is 9.64 Å². The van der Waals surface area contributed by atoms with Crippen LogP contribution in [0.2, 0.25) is 0 Å². The zero-order valence-electron chi connectivity index (χ0n) is 11.0. The normalized spacial score (nSPS) is 10.2. The number of alkyl halides is 1. The van der Waals surface area contributed by atoms with E-state index in [-0.39, 0.29) is 5.91 Å². The Kier molecular flexibility index (Phi) is 6.58. The minimum absolute atomic E-state index is 0.0167. The molecule has 0 unspecified atom stereocenters. The van der Waals surface area contributed by atoms with Crippen LogP contribution >= 0.6 is 11.6 Å². The summed E-state index contributed by atoms with van der Waals surface area (Å²) < 4.78 is 5.13. The van der Waals surface area contributed by atoms with Crippen LogP contribution in [0.25, 0.3) is 0 Å². The second kappa shape index (κ2) is 7.98. The number of ether oxygens (including phenoxy) is 1. The van der Waals surface area contributed by atoms with Crippen molar-refractivity contribution < 1.29 is 9.53 Å². The fourth-order valence-electron chi connectivity index (χ4n) is 1.70. The summed E-state index contributed by atoms with van der Waals surface area (Å²) >= 11 is 5.75. The molecule has 4 heteroatoms. The number of carbonyl (C=O) groups is 1. The summed E-state index contributed by atoms with van der Waals surface area (Å²) in [4.78, 5) is 14.1. The summed E-state index contributed by atoms with van der Waals surface area (Å²) in [7, 11) is 1.59. The Morgan fingerprint density at radius 2 is 2.17 bits per heavy atom. The van der Waals surface area contributed by atoms with E-state index in [0.717, 1.165) is 19.4 Å². The molecule has 0 aromatic heterocycles. The lowest BCUT2D eigenvalue weighted by Crippen LogP contribution is -2.33.